The van der Waals surface area contributed by atoms with Crippen molar-refractivity contribution in [2.24, 2.45) is 11.8 Å². The third kappa shape index (κ3) is 3.38. The number of amides is 3. The molecule has 7 nitrogen and oxygen atoms in total. The fourth-order valence-electron chi connectivity index (χ4n) is 4.89. The van der Waals surface area contributed by atoms with E-state index in [4.69, 9.17) is 16.3 Å². The van der Waals surface area contributed by atoms with Crippen LogP contribution in [0.1, 0.15) is 12.5 Å². The first-order valence-electron chi connectivity index (χ1n) is 10.5. The molecule has 32 heavy (non-hydrogen) atoms. The Balaban J connectivity index is 1.34. The lowest BCUT2D eigenvalue weighted by atomic mass is 9.77. The number of nitrogens with zero attached hydrogens (tertiary/aromatic N) is 1. The molecule has 0 aromatic heterocycles. The van der Waals surface area contributed by atoms with Crippen LogP contribution in [0.15, 0.2) is 60.7 Å². The minimum Gasteiger partial charge on any atom is -0.360 e. The Hall–Kier alpha value is -3.16. The summed E-state index contributed by atoms with van der Waals surface area (Å²) in [5.41, 5.74) is 1.36. The molecule has 0 saturated carbocycles. The van der Waals surface area contributed by atoms with Gasteiger partial charge in [-0.3, -0.25) is 14.4 Å². The fraction of sp³-hybridized carbons (Fsp3) is 0.292. The highest BCUT2D eigenvalue weighted by molar-refractivity contribution is 6.31. The number of rotatable bonds is 5. The van der Waals surface area contributed by atoms with Gasteiger partial charge in [0.1, 0.15) is 5.60 Å². The Kier molecular flexibility index (Phi) is 5.03. The molecule has 0 aliphatic carbocycles. The second-order valence-corrected chi connectivity index (χ2v) is 8.77. The second-order valence-electron chi connectivity index (χ2n) is 8.36. The SMILES string of the molecule is CC(=O)Nc1ccc(N2C[C@@]34C=C[C@@H](O3)[C@@H](C(=O)NCc3ccccc3Cl)[C@@H]4C2=O)cc1. The zero-order valence-electron chi connectivity index (χ0n) is 17.4. The summed E-state index contributed by atoms with van der Waals surface area (Å²) in [6, 6.07) is 14.4. The predicted molar refractivity (Wildman–Crippen MR) is 120 cm³/mol. The molecule has 2 aromatic rings. The average Bonchev–Trinajstić information content (AvgIpc) is 3.41. The lowest BCUT2D eigenvalue weighted by Crippen LogP contribution is -2.44. The summed E-state index contributed by atoms with van der Waals surface area (Å²) in [5, 5.41) is 6.22. The number of fused-ring (bicyclic) bond motifs is 1. The predicted octanol–water partition coefficient (Wildman–Crippen LogP) is 2.90. The maximum atomic E-state index is 13.4. The molecule has 3 aliphatic heterocycles. The van der Waals surface area contributed by atoms with E-state index in [0.717, 1.165) is 5.56 Å². The van der Waals surface area contributed by atoms with E-state index < -0.39 is 23.5 Å². The van der Waals surface area contributed by atoms with Crippen LogP contribution in [-0.4, -0.2) is 36.0 Å². The van der Waals surface area contributed by atoms with Crippen molar-refractivity contribution in [3.63, 3.8) is 0 Å². The smallest absolute Gasteiger partial charge is 0.234 e. The van der Waals surface area contributed by atoms with Crippen molar-refractivity contribution >= 4 is 40.7 Å². The van der Waals surface area contributed by atoms with Crippen LogP contribution in [0.25, 0.3) is 0 Å². The van der Waals surface area contributed by atoms with Crippen molar-refractivity contribution in [2.45, 2.75) is 25.2 Å². The molecule has 2 fully saturated rings. The molecular formula is C24H22ClN3O4. The summed E-state index contributed by atoms with van der Waals surface area (Å²) in [7, 11) is 0. The van der Waals surface area contributed by atoms with Gasteiger partial charge in [-0.25, -0.2) is 0 Å². The maximum absolute atomic E-state index is 13.4. The number of carbonyl (C=O) groups is 3. The largest absolute Gasteiger partial charge is 0.360 e. The molecule has 0 unspecified atom stereocenters. The zero-order chi connectivity index (χ0) is 22.5. The van der Waals surface area contributed by atoms with Crippen LogP contribution < -0.4 is 15.5 Å². The van der Waals surface area contributed by atoms with Crippen LogP contribution in [0.3, 0.4) is 0 Å². The van der Waals surface area contributed by atoms with E-state index in [9.17, 15) is 14.4 Å². The lowest BCUT2D eigenvalue weighted by molar-refractivity contribution is -0.132. The van der Waals surface area contributed by atoms with Gasteiger partial charge in [-0.1, -0.05) is 42.0 Å². The zero-order valence-corrected chi connectivity index (χ0v) is 18.1. The maximum Gasteiger partial charge on any atom is 0.234 e. The van der Waals surface area contributed by atoms with Gasteiger partial charge in [-0.15, -0.1) is 0 Å². The van der Waals surface area contributed by atoms with Gasteiger partial charge in [-0.05, 0) is 35.9 Å². The summed E-state index contributed by atoms with van der Waals surface area (Å²) in [5.74, 6) is -1.70. The molecule has 3 heterocycles. The van der Waals surface area contributed by atoms with Gasteiger partial charge in [0.15, 0.2) is 0 Å². The molecule has 3 amide bonds. The molecule has 5 rings (SSSR count). The van der Waals surface area contributed by atoms with E-state index in [0.29, 0.717) is 22.9 Å². The van der Waals surface area contributed by atoms with Gasteiger partial charge in [0.2, 0.25) is 17.7 Å². The quantitative estimate of drug-likeness (QED) is 0.684. The first-order chi connectivity index (χ1) is 15.4. The lowest BCUT2D eigenvalue weighted by Gasteiger charge is -2.23. The van der Waals surface area contributed by atoms with Crippen molar-refractivity contribution in [3.8, 4) is 0 Å². The van der Waals surface area contributed by atoms with Gasteiger partial charge >= 0.3 is 0 Å². The molecule has 2 N–H and O–H groups in total. The summed E-state index contributed by atoms with van der Waals surface area (Å²) >= 11 is 6.20. The molecule has 3 aliphatic rings. The number of benzene rings is 2. The molecule has 0 radical (unpaired) electrons. The number of ether oxygens (including phenoxy) is 1. The normalized spacial score (nSPS) is 27.5. The minimum absolute atomic E-state index is 0.137. The summed E-state index contributed by atoms with van der Waals surface area (Å²) < 4.78 is 6.17. The Morgan fingerprint density at radius 3 is 2.66 bits per heavy atom. The first-order valence-corrected chi connectivity index (χ1v) is 10.8. The Morgan fingerprint density at radius 1 is 1.19 bits per heavy atom. The molecule has 1 spiro atoms. The monoisotopic (exact) mass is 451 g/mol. The summed E-state index contributed by atoms with van der Waals surface area (Å²) in [4.78, 5) is 39.4. The van der Waals surface area contributed by atoms with E-state index in [1.165, 1.54) is 6.92 Å². The number of hydrogen-bond donors (Lipinski definition) is 2. The molecule has 164 valence electrons. The standard InChI is InChI=1S/C24H22ClN3O4/c1-14(29)27-16-6-8-17(9-7-16)28-13-24-11-10-19(32-24)20(21(24)23(28)31)22(30)26-12-15-4-2-3-5-18(15)25/h2-11,19-21H,12-13H2,1H3,(H,26,30)(H,27,29)/t19-,20-,21-,24-/m1/s1. The molecule has 2 bridgehead atoms. The highest BCUT2D eigenvalue weighted by Crippen LogP contribution is 2.52. The Morgan fingerprint density at radius 2 is 1.94 bits per heavy atom. The molecule has 2 aromatic carbocycles. The van der Waals surface area contributed by atoms with Gasteiger partial charge in [0.05, 0.1) is 24.5 Å². The fourth-order valence-corrected chi connectivity index (χ4v) is 5.09. The van der Waals surface area contributed by atoms with Crippen molar-refractivity contribution in [2.75, 3.05) is 16.8 Å². The van der Waals surface area contributed by atoms with E-state index in [2.05, 4.69) is 10.6 Å². The summed E-state index contributed by atoms with van der Waals surface area (Å²) in [6.45, 7) is 2.07. The molecule has 8 heteroatoms. The Bertz CT molecular complexity index is 1130. The molecular weight excluding hydrogens is 430 g/mol. The van der Waals surface area contributed by atoms with Crippen molar-refractivity contribution in [1.82, 2.24) is 5.32 Å². The van der Waals surface area contributed by atoms with Crippen molar-refractivity contribution in [1.29, 1.82) is 0 Å². The van der Waals surface area contributed by atoms with Crippen molar-refractivity contribution < 1.29 is 19.1 Å². The van der Waals surface area contributed by atoms with E-state index >= 15 is 0 Å². The van der Waals surface area contributed by atoms with E-state index in [1.54, 1.807) is 35.2 Å². The highest BCUT2D eigenvalue weighted by Gasteiger charge is 2.67. The van der Waals surface area contributed by atoms with E-state index in [-0.39, 0.29) is 24.3 Å². The highest BCUT2D eigenvalue weighted by atomic mass is 35.5. The van der Waals surface area contributed by atoms with Crippen LogP contribution in [-0.2, 0) is 25.7 Å². The van der Waals surface area contributed by atoms with Gasteiger partial charge in [0, 0.05) is 29.9 Å². The molecule has 4 atom stereocenters. The third-order valence-electron chi connectivity index (χ3n) is 6.31. The average molecular weight is 452 g/mol. The third-order valence-corrected chi connectivity index (χ3v) is 6.68. The van der Waals surface area contributed by atoms with Crippen LogP contribution in [0.5, 0.6) is 0 Å². The number of hydrogen-bond acceptors (Lipinski definition) is 4. The number of carbonyl (C=O) groups excluding carboxylic acids is 3. The van der Waals surface area contributed by atoms with Crippen LogP contribution >= 0.6 is 11.6 Å². The summed E-state index contributed by atoms with van der Waals surface area (Å²) in [6.07, 6.45) is 3.39. The topological polar surface area (TPSA) is 87.7 Å². The van der Waals surface area contributed by atoms with Crippen LogP contribution in [0, 0.1) is 11.8 Å². The van der Waals surface area contributed by atoms with Gasteiger partial charge in [0.25, 0.3) is 0 Å². The Labute approximate surface area is 190 Å². The number of halogens is 1. The van der Waals surface area contributed by atoms with E-state index in [1.807, 2.05) is 30.4 Å². The van der Waals surface area contributed by atoms with Crippen molar-refractivity contribution in [3.05, 3.63) is 71.3 Å². The first kappa shape index (κ1) is 20.7. The van der Waals surface area contributed by atoms with Crippen LogP contribution in [0.4, 0.5) is 11.4 Å². The van der Waals surface area contributed by atoms with Crippen LogP contribution in [0.2, 0.25) is 5.02 Å². The molecule has 2 saturated heterocycles. The number of anilines is 2. The number of nitrogens with one attached hydrogen (secondary N) is 2. The second kappa shape index (κ2) is 7.76. The van der Waals surface area contributed by atoms with Gasteiger partial charge in [-0.2, -0.15) is 0 Å². The van der Waals surface area contributed by atoms with Gasteiger partial charge < -0.3 is 20.3 Å². The minimum atomic E-state index is -0.801.